The highest BCUT2D eigenvalue weighted by Crippen LogP contribution is 2.44. The van der Waals surface area contributed by atoms with Gasteiger partial charge in [-0.3, -0.25) is 24.6 Å². The van der Waals surface area contributed by atoms with E-state index >= 15 is 0 Å². The van der Waals surface area contributed by atoms with Crippen LogP contribution in [0.4, 0.5) is 13.2 Å². The zero-order valence-corrected chi connectivity index (χ0v) is 16.6. The van der Waals surface area contributed by atoms with Crippen molar-refractivity contribution in [3.05, 3.63) is 65.7 Å². The van der Waals surface area contributed by atoms with Gasteiger partial charge in [0.05, 0.1) is 11.8 Å². The lowest BCUT2D eigenvalue weighted by Crippen LogP contribution is -2.43. The highest BCUT2D eigenvalue weighted by molar-refractivity contribution is 6.08. The number of hydrogen-bond donors (Lipinski definition) is 2. The molecule has 2 aliphatic heterocycles. The first-order valence-electron chi connectivity index (χ1n) is 9.89. The number of ether oxygens (including phenoxy) is 1. The van der Waals surface area contributed by atoms with E-state index in [1.807, 2.05) is 30.3 Å². The standard InChI is InChI=1S/C22H19F3N2O5/c23-22(24,25)32-14-8-4-7-13(11-14)17-15-16(18(26-17)21(30)31)20(29)27(19(15)28)10-9-12-5-2-1-3-6-12/h1-8,11,15-18,26H,9-10H2,(H,30,31). The van der Waals surface area contributed by atoms with Crippen LogP contribution >= 0.6 is 0 Å². The summed E-state index contributed by atoms with van der Waals surface area (Å²) in [6.07, 6.45) is -4.50. The number of fused-ring (bicyclic) bond motifs is 1. The van der Waals surface area contributed by atoms with Gasteiger partial charge in [0.25, 0.3) is 0 Å². The Morgan fingerprint density at radius 3 is 2.38 bits per heavy atom. The number of alkyl halides is 3. The molecule has 0 radical (unpaired) electrons. The number of rotatable bonds is 6. The zero-order valence-electron chi connectivity index (χ0n) is 16.6. The Morgan fingerprint density at radius 1 is 1.03 bits per heavy atom. The Labute approximate surface area is 180 Å². The van der Waals surface area contributed by atoms with Gasteiger partial charge in [-0.25, -0.2) is 0 Å². The molecule has 0 aliphatic carbocycles. The van der Waals surface area contributed by atoms with E-state index < -0.39 is 53.8 Å². The predicted molar refractivity (Wildman–Crippen MR) is 104 cm³/mol. The zero-order chi connectivity index (χ0) is 23.0. The molecule has 7 nitrogen and oxygen atoms in total. The monoisotopic (exact) mass is 448 g/mol. The lowest BCUT2D eigenvalue weighted by molar-refractivity contribution is -0.274. The number of hydrogen-bond acceptors (Lipinski definition) is 5. The van der Waals surface area contributed by atoms with Gasteiger partial charge in [0.15, 0.2) is 0 Å². The van der Waals surface area contributed by atoms with Crippen molar-refractivity contribution in [3.63, 3.8) is 0 Å². The number of carbonyl (C=O) groups is 3. The van der Waals surface area contributed by atoms with Gasteiger partial charge in [-0.05, 0) is 29.7 Å². The number of carboxylic acid groups (broad SMARTS) is 1. The van der Waals surface area contributed by atoms with Gasteiger partial charge in [-0.2, -0.15) is 0 Å². The molecule has 4 unspecified atom stereocenters. The molecule has 0 saturated carbocycles. The average Bonchev–Trinajstić information content (AvgIpc) is 3.24. The van der Waals surface area contributed by atoms with E-state index in [1.165, 1.54) is 12.1 Å². The first-order valence-corrected chi connectivity index (χ1v) is 9.89. The van der Waals surface area contributed by atoms with Crippen molar-refractivity contribution >= 4 is 17.8 Å². The third kappa shape index (κ3) is 4.18. The van der Waals surface area contributed by atoms with Crippen molar-refractivity contribution in [3.8, 4) is 5.75 Å². The van der Waals surface area contributed by atoms with Crippen LogP contribution in [0.1, 0.15) is 17.2 Å². The van der Waals surface area contributed by atoms with E-state index in [0.717, 1.165) is 22.6 Å². The van der Waals surface area contributed by atoms with Crippen LogP contribution in [0.5, 0.6) is 5.75 Å². The SMILES string of the molecule is O=C(O)C1NC(c2cccc(OC(F)(F)F)c2)C2C(=O)N(CCc3ccccc3)C(=O)C12. The fourth-order valence-electron chi connectivity index (χ4n) is 4.42. The molecule has 2 fully saturated rings. The normalized spacial score (nSPS) is 25.2. The number of aliphatic carboxylic acids is 1. The van der Waals surface area contributed by atoms with E-state index in [9.17, 15) is 32.7 Å². The summed E-state index contributed by atoms with van der Waals surface area (Å²) >= 11 is 0. The number of nitrogens with one attached hydrogen (secondary N) is 1. The molecular formula is C22H19F3N2O5. The van der Waals surface area contributed by atoms with Gasteiger partial charge in [0.1, 0.15) is 11.8 Å². The number of imide groups is 1. The minimum Gasteiger partial charge on any atom is -0.480 e. The van der Waals surface area contributed by atoms with Crippen LogP contribution in [0.3, 0.4) is 0 Å². The second-order valence-corrected chi connectivity index (χ2v) is 7.70. The molecule has 0 bridgehead atoms. The van der Waals surface area contributed by atoms with Crippen molar-refractivity contribution in [1.29, 1.82) is 0 Å². The molecule has 2 aromatic carbocycles. The quantitative estimate of drug-likeness (QED) is 0.660. The molecule has 0 aromatic heterocycles. The maximum absolute atomic E-state index is 13.1. The van der Waals surface area contributed by atoms with E-state index in [-0.39, 0.29) is 12.1 Å². The topological polar surface area (TPSA) is 95.9 Å². The van der Waals surface area contributed by atoms with E-state index in [2.05, 4.69) is 10.1 Å². The van der Waals surface area contributed by atoms with Crippen molar-refractivity contribution < 1.29 is 37.4 Å². The molecule has 2 aromatic rings. The van der Waals surface area contributed by atoms with Crippen molar-refractivity contribution in [2.75, 3.05) is 6.54 Å². The molecule has 2 amide bonds. The molecule has 2 aliphatic rings. The van der Waals surface area contributed by atoms with Crippen LogP contribution in [-0.2, 0) is 20.8 Å². The molecular weight excluding hydrogens is 429 g/mol. The number of benzene rings is 2. The summed E-state index contributed by atoms with van der Waals surface area (Å²) in [5, 5.41) is 12.4. The molecule has 2 saturated heterocycles. The Morgan fingerprint density at radius 2 is 1.72 bits per heavy atom. The van der Waals surface area contributed by atoms with E-state index in [1.54, 1.807) is 0 Å². The third-order valence-corrected chi connectivity index (χ3v) is 5.75. The molecule has 2 heterocycles. The molecule has 0 spiro atoms. The summed E-state index contributed by atoms with van der Waals surface area (Å²) in [6.45, 7) is 0.0883. The smallest absolute Gasteiger partial charge is 0.480 e. The van der Waals surface area contributed by atoms with Crippen LogP contribution < -0.4 is 10.1 Å². The largest absolute Gasteiger partial charge is 0.573 e. The van der Waals surface area contributed by atoms with Gasteiger partial charge in [-0.15, -0.1) is 13.2 Å². The predicted octanol–water partition coefficient (Wildman–Crippen LogP) is 2.53. The minimum atomic E-state index is -4.90. The lowest BCUT2D eigenvalue weighted by Gasteiger charge is -2.22. The molecule has 10 heteroatoms. The van der Waals surface area contributed by atoms with Crippen molar-refractivity contribution in [2.24, 2.45) is 11.8 Å². The highest BCUT2D eigenvalue weighted by atomic mass is 19.4. The van der Waals surface area contributed by atoms with Gasteiger partial charge in [-0.1, -0.05) is 42.5 Å². The highest BCUT2D eigenvalue weighted by Gasteiger charge is 2.60. The number of amides is 2. The van der Waals surface area contributed by atoms with Crippen molar-refractivity contribution in [1.82, 2.24) is 10.2 Å². The number of nitrogens with zero attached hydrogens (tertiary/aromatic N) is 1. The van der Waals surface area contributed by atoms with E-state index in [0.29, 0.717) is 6.42 Å². The molecule has 4 atom stereocenters. The molecule has 168 valence electrons. The molecule has 4 rings (SSSR count). The number of likely N-dealkylation sites (tertiary alicyclic amines) is 1. The minimum absolute atomic E-state index is 0.0883. The first-order chi connectivity index (χ1) is 15.2. The Kier molecular flexibility index (Phi) is 5.64. The molecule has 2 N–H and O–H groups in total. The van der Waals surface area contributed by atoms with Gasteiger partial charge < -0.3 is 9.84 Å². The fraction of sp³-hybridized carbons (Fsp3) is 0.318. The van der Waals surface area contributed by atoms with Gasteiger partial charge >= 0.3 is 12.3 Å². The Hall–Kier alpha value is -3.40. The van der Waals surface area contributed by atoms with Crippen LogP contribution in [-0.4, -0.2) is 46.7 Å². The second-order valence-electron chi connectivity index (χ2n) is 7.70. The summed E-state index contributed by atoms with van der Waals surface area (Å²) in [5.74, 6) is -5.13. The summed E-state index contributed by atoms with van der Waals surface area (Å²) in [4.78, 5) is 39.0. The number of halogens is 3. The fourth-order valence-corrected chi connectivity index (χ4v) is 4.42. The summed E-state index contributed by atoms with van der Waals surface area (Å²) in [5.41, 5.74) is 1.14. The maximum atomic E-state index is 13.1. The summed E-state index contributed by atoms with van der Waals surface area (Å²) < 4.78 is 41.7. The maximum Gasteiger partial charge on any atom is 0.573 e. The van der Waals surface area contributed by atoms with Crippen molar-refractivity contribution in [2.45, 2.75) is 24.9 Å². The Bertz CT molecular complexity index is 1040. The third-order valence-electron chi connectivity index (χ3n) is 5.75. The number of carboxylic acids is 1. The first kappa shape index (κ1) is 21.8. The van der Waals surface area contributed by atoms with E-state index in [4.69, 9.17) is 0 Å². The van der Waals surface area contributed by atoms with Crippen LogP contribution in [0.15, 0.2) is 54.6 Å². The van der Waals surface area contributed by atoms with Gasteiger partial charge in [0.2, 0.25) is 11.8 Å². The van der Waals surface area contributed by atoms with Crippen LogP contribution in [0, 0.1) is 11.8 Å². The van der Waals surface area contributed by atoms with Crippen LogP contribution in [0.25, 0.3) is 0 Å². The second kappa shape index (κ2) is 8.27. The van der Waals surface area contributed by atoms with Crippen LogP contribution in [0.2, 0.25) is 0 Å². The number of carbonyl (C=O) groups excluding carboxylic acids is 2. The summed E-state index contributed by atoms with van der Waals surface area (Å²) in [6, 6.07) is 11.9. The van der Waals surface area contributed by atoms with Gasteiger partial charge in [0, 0.05) is 12.6 Å². The Balaban J connectivity index is 1.61. The summed E-state index contributed by atoms with van der Waals surface area (Å²) in [7, 11) is 0. The lowest BCUT2D eigenvalue weighted by atomic mass is 9.86. The average molecular weight is 448 g/mol. The molecule has 32 heavy (non-hydrogen) atoms.